The molecule has 2 aromatic heterocycles. The van der Waals surface area contributed by atoms with Crippen molar-refractivity contribution in [2.75, 3.05) is 7.11 Å². The molecule has 6 heteroatoms. The van der Waals surface area contributed by atoms with E-state index in [-0.39, 0.29) is 18.1 Å². The summed E-state index contributed by atoms with van der Waals surface area (Å²) in [5, 5.41) is 7.46. The lowest BCUT2D eigenvalue weighted by atomic mass is 10.1. The minimum atomic E-state index is -0.209. The molecule has 4 rings (SSSR count). The first-order valence-corrected chi connectivity index (χ1v) is 8.53. The summed E-state index contributed by atoms with van der Waals surface area (Å²) in [6.07, 6.45) is 4.20. The van der Waals surface area contributed by atoms with Crippen LogP contribution in [0.4, 0.5) is 0 Å². The van der Waals surface area contributed by atoms with Gasteiger partial charge in [-0.25, -0.2) is 0 Å². The Balaban J connectivity index is 1.59. The third-order valence-electron chi connectivity index (χ3n) is 4.84. The highest BCUT2D eigenvalue weighted by atomic mass is 16.5. The monoisotopic (exact) mass is 348 g/mol. The first kappa shape index (κ1) is 16.5. The Bertz CT molecular complexity index is 936. The van der Waals surface area contributed by atoms with Crippen LogP contribution in [-0.2, 0) is 18.2 Å². The normalized spacial score (nSPS) is 18.5. The number of benzene rings is 1. The van der Waals surface area contributed by atoms with Crippen molar-refractivity contribution in [1.29, 1.82) is 0 Å². The van der Waals surface area contributed by atoms with Gasteiger partial charge >= 0.3 is 0 Å². The molecule has 2 atom stereocenters. The predicted molar refractivity (Wildman–Crippen MR) is 97.6 cm³/mol. The largest absolute Gasteiger partial charge is 0.379 e. The van der Waals surface area contributed by atoms with E-state index in [1.807, 2.05) is 37.4 Å². The summed E-state index contributed by atoms with van der Waals surface area (Å²) in [6, 6.07) is 13.5. The van der Waals surface area contributed by atoms with Gasteiger partial charge in [0.2, 0.25) is 0 Å². The van der Waals surface area contributed by atoms with Crippen LogP contribution in [0.25, 0.3) is 11.3 Å². The van der Waals surface area contributed by atoms with Gasteiger partial charge in [0.1, 0.15) is 0 Å². The number of nitrogens with zero attached hydrogens (tertiary/aromatic N) is 3. The zero-order valence-corrected chi connectivity index (χ0v) is 14.7. The SMILES string of the molecule is CO[C@@H]1Cc2ccccc2[C@H]1NC(=O)c1cc(-c2cccnc2)n(C)n1. The highest BCUT2D eigenvalue weighted by Crippen LogP contribution is 2.33. The summed E-state index contributed by atoms with van der Waals surface area (Å²) in [4.78, 5) is 16.9. The molecule has 0 spiro atoms. The molecule has 2 heterocycles. The second kappa shape index (κ2) is 6.72. The fourth-order valence-electron chi connectivity index (χ4n) is 3.53. The second-order valence-corrected chi connectivity index (χ2v) is 6.41. The lowest BCUT2D eigenvalue weighted by Gasteiger charge is -2.20. The predicted octanol–water partition coefficient (Wildman–Crippen LogP) is 2.52. The first-order chi connectivity index (χ1) is 12.7. The van der Waals surface area contributed by atoms with E-state index < -0.39 is 0 Å². The van der Waals surface area contributed by atoms with Gasteiger partial charge in [0.25, 0.3) is 5.91 Å². The quantitative estimate of drug-likeness (QED) is 0.787. The summed E-state index contributed by atoms with van der Waals surface area (Å²) in [7, 11) is 3.50. The molecule has 26 heavy (non-hydrogen) atoms. The maximum Gasteiger partial charge on any atom is 0.272 e. The van der Waals surface area contributed by atoms with Crippen molar-refractivity contribution in [1.82, 2.24) is 20.1 Å². The molecule has 1 aliphatic rings. The average molecular weight is 348 g/mol. The Labute approximate surface area is 151 Å². The number of fused-ring (bicyclic) bond motifs is 1. The molecular weight excluding hydrogens is 328 g/mol. The highest BCUT2D eigenvalue weighted by Gasteiger charge is 2.34. The van der Waals surface area contributed by atoms with Crippen molar-refractivity contribution < 1.29 is 9.53 Å². The van der Waals surface area contributed by atoms with Crippen LogP contribution in [0, 0.1) is 0 Å². The molecule has 0 fully saturated rings. The van der Waals surface area contributed by atoms with Crippen molar-refractivity contribution in [3.05, 3.63) is 71.7 Å². The van der Waals surface area contributed by atoms with Crippen molar-refractivity contribution in [3.8, 4) is 11.3 Å². The van der Waals surface area contributed by atoms with Crippen LogP contribution < -0.4 is 5.32 Å². The molecule has 6 nitrogen and oxygen atoms in total. The number of pyridine rings is 1. The standard InChI is InChI=1S/C20H20N4O2/c1-24-17(14-7-5-9-21-12-14)11-16(23-24)20(25)22-19-15-8-4-3-6-13(15)10-18(19)26-2/h3-9,11-12,18-19H,10H2,1-2H3,(H,22,25)/t18-,19-/m1/s1. The topological polar surface area (TPSA) is 69.0 Å². The van der Waals surface area contributed by atoms with Crippen LogP contribution in [0.5, 0.6) is 0 Å². The van der Waals surface area contributed by atoms with Crippen LogP contribution in [0.2, 0.25) is 0 Å². The average Bonchev–Trinajstić information content (AvgIpc) is 3.23. The molecule has 0 saturated carbocycles. The molecule has 132 valence electrons. The molecular formula is C20H20N4O2. The van der Waals surface area contributed by atoms with E-state index in [2.05, 4.69) is 21.5 Å². The number of carbonyl (C=O) groups is 1. The number of amides is 1. The number of aryl methyl sites for hydroxylation is 1. The molecule has 0 aliphatic heterocycles. The second-order valence-electron chi connectivity index (χ2n) is 6.41. The van der Waals surface area contributed by atoms with E-state index in [0.29, 0.717) is 5.69 Å². The number of hydrogen-bond donors (Lipinski definition) is 1. The molecule has 3 aromatic rings. The Morgan fingerprint density at radius 1 is 1.27 bits per heavy atom. The maximum absolute atomic E-state index is 12.8. The van der Waals surface area contributed by atoms with Crippen LogP contribution >= 0.6 is 0 Å². The number of carbonyl (C=O) groups excluding carboxylic acids is 1. The molecule has 0 saturated heterocycles. The summed E-state index contributed by atoms with van der Waals surface area (Å²) in [5.74, 6) is -0.209. The van der Waals surface area contributed by atoms with Gasteiger partial charge in [-0.05, 0) is 29.3 Å². The minimum Gasteiger partial charge on any atom is -0.379 e. The minimum absolute atomic E-state index is 0.0714. The van der Waals surface area contributed by atoms with Crippen molar-refractivity contribution >= 4 is 5.91 Å². The summed E-state index contributed by atoms with van der Waals surface area (Å²) >= 11 is 0. The maximum atomic E-state index is 12.8. The third-order valence-corrected chi connectivity index (χ3v) is 4.84. The van der Waals surface area contributed by atoms with Gasteiger partial charge in [-0.15, -0.1) is 0 Å². The van der Waals surface area contributed by atoms with Gasteiger partial charge in [-0.3, -0.25) is 14.5 Å². The number of methoxy groups -OCH3 is 1. The van der Waals surface area contributed by atoms with Gasteiger partial charge in [0.05, 0.1) is 17.8 Å². The van der Waals surface area contributed by atoms with Crippen molar-refractivity contribution in [2.24, 2.45) is 7.05 Å². The molecule has 1 aromatic carbocycles. The van der Waals surface area contributed by atoms with E-state index in [1.54, 1.807) is 30.3 Å². The van der Waals surface area contributed by atoms with Crippen LogP contribution in [-0.4, -0.2) is 33.9 Å². The summed E-state index contributed by atoms with van der Waals surface area (Å²) in [6.45, 7) is 0. The highest BCUT2D eigenvalue weighted by molar-refractivity contribution is 5.93. The van der Waals surface area contributed by atoms with Crippen molar-refractivity contribution in [2.45, 2.75) is 18.6 Å². The molecule has 0 bridgehead atoms. The van der Waals surface area contributed by atoms with Crippen LogP contribution in [0.1, 0.15) is 27.7 Å². The molecule has 0 radical (unpaired) electrons. The first-order valence-electron chi connectivity index (χ1n) is 8.53. The molecule has 0 unspecified atom stereocenters. The van der Waals surface area contributed by atoms with Crippen LogP contribution in [0.15, 0.2) is 54.9 Å². The number of ether oxygens (including phenoxy) is 1. The smallest absolute Gasteiger partial charge is 0.272 e. The van der Waals surface area contributed by atoms with Gasteiger partial charge in [0, 0.05) is 38.5 Å². The summed E-state index contributed by atoms with van der Waals surface area (Å²) in [5.41, 5.74) is 4.46. The van der Waals surface area contributed by atoms with E-state index >= 15 is 0 Å². The lowest BCUT2D eigenvalue weighted by Crippen LogP contribution is -2.35. The molecule has 1 amide bonds. The van der Waals surface area contributed by atoms with Crippen molar-refractivity contribution in [3.63, 3.8) is 0 Å². The van der Waals surface area contributed by atoms with E-state index in [1.165, 1.54) is 5.56 Å². The van der Waals surface area contributed by atoms with E-state index in [9.17, 15) is 4.79 Å². The van der Waals surface area contributed by atoms with Gasteiger partial charge in [0.15, 0.2) is 5.69 Å². The zero-order valence-electron chi connectivity index (χ0n) is 14.7. The fourth-order valence-corrected chi connectivity index (χ4v) is 3.53. The lowest BCUT2D eigenvalue weighted by molar-refractivity contribution is 0.0675. The molecule has 1 aliphatic carbocycles. The third kappa shape index (κ3) is 2.88. The summed E-state index contributed by atoms with van der Waals surface area (Å²) < 4.78 is 7.29. The number of hydrogen-bond acceptors (Lipinski definition) is 4. The molecule has 1 N–H and O–H groups in total. The Kier molecular flexibility index (Phi) is 4.26. The van der Waals surface area contributed by atoms with Gasteiger partial charge in [-0.2, -0.15) is 5.10 Å². The van der Waals surface area contributed by atoms with E-state index in [0.717, 1.165) is 23.2 Å². The van der Waals surface area contributed by atoms with Gasteiger partial charge in [-0.1, -0.05) is 24.3 Å². The van der Waals surface area contributed by atoms with Gasteiger partial charge < -0.3 is 10.1 Å². The number of aromatic nitrogens is 3. The number of nitrogens with one attached hydrogen (secondary N) is 1. The fraction of sp³-hybridized carbons (Fsp3) is 0.250. The van der Waals surface area contributed by atoms with Crippen LogP contribution in [0.3, 0.4) is 0 Å². The van der Waals surface area contributed by atoms with E-state index in [4.69, 9.17) is 4.74 Å². The Morgan fingerprint density at radius 3 is 2.88 bits per heavy atom. The Hall–Kier alpha value is -2.99. The zero-order chi connectivity index (χ0) is 18.1. The number of rotatable bonds is 4. The Morgan fingerprint density at radius 2 is 2.12 bits per heavy atom.